The Morgan fingerprint density at radius 3 is 2.70 bits per heavy atom. The monoisotopic (exact) mass is 274 g/mol. The van der Waals surface area contributed by atoms with Crippen LogP contribution in [0.15, 0.2) is 24.3 Å². The molecule has 0 radical (unpaired) electrons. The molecule has 0 aliphatic carbocycles. The smallest absolute Gasteiger partial charge is 0.243 e. The minimum Gasteiger partial charge on any atom is -0.352 e. The fourth-order valence-corrected chi connectivity index (χ4v) is 2.35. The van der Waals surface area contributed by atoms with Crippen molar-refractivity contribution >= 4 is 16.9 Å². The van der Waals surface area contributed by atoms with Crippen LogP contribution in [0.5, 0.6) is 0 Å². The summed E-state index contributed by atoms with van der Waals surface area (Å²) >= 11 is 0. The highest BCUT2D eigenvalue weighted by Crippen LogP contribution is 2.21. The Labute approximate surface area is 119 Å². The Morgan fingerprint density at radius 2 is 2.05 bits per heavy atom. The second-order valence-electron chi connectivity index (χ2n) is 5.26. The Morgan fingerprint density at radius 1 is 1.35 bits per heavy atom. The molecule has 0 fully saturated rings. The second-order valence-corrected chi connectivity index (χ2v) is 5.26. The van der Waals surface area contributed by atoms with Crippen molar-refractivity contribution in [3.63, 3.8) is 0 Å². The summed E-state index contributed by atoms with van der Waals surface area (Å²) in [5, 5.41) is 2.95. The van der Waals surface area contributed by atoms with Gasteiger partial charge in [-0.2, -0.15) is 0 Å². The van der Waals surface area contributed by atoms with Gasteiger partial charge in [-0.15, -0.1) is 0 Å². The zero-order chi connectivity index (χ0) is 14.7. The molecular formula is C15H22N4O. The zero-order valence-corrected chi connectivity index (χ0v) is 12.3. The molecule has 0 aliphatic rings. The number of para-hydroxylation sites is 2. The van der Waals surface area contributed by atoms with Crippen molar-refractivity contribution in [2.75, 3.05) is 6.54 Å². The number of carbonyl (C=O) groups is 1. The van der Waals surface area contributed by atoms with Gasteiger partial charge in [-0.1, -0.05) is 12.1 Å². The molecule has 0 saturated heterocycles. The summed E-state index contributed by atoms with van der Waals surface area (Å²) in [6, 6.07) is 7.68. The van der Waals surface area contributed by atoms with Crippen molar-refractivity contribution in [1.29, 1.82) is 0 Å². The number of nitrogens with two attached hydrogens (primary N) is 1. The molecule has 1 aromatic carbocycles. The van der Waals surface area contributed by atoms with Gasteiger partial charge in [0.1, 0.15) is 11.9 Å². The van der Waals surface area contributed by atoms with E-state index in [0.717, 1.165) is 16.9 Å². The molecule has 2 aromatic rings. The van der Waals surface area contributed by atoms with Gasteiger partial charge in [0.2, 0.25) is 5.91 Å². The molecule has 0 bridgehead atoms. The highest BCUT2D eigenvalue weighted by molar-refractivity contribution is 5.84. The maximum Gasteiger partial charge on any atom is 0.243 e. The molecule has 1 unspecified atom stereocenters. The molecule has 1 heterocycles. The van der Waals surface area contributed by atoms with Gasteiger partial charge >= 0.3 is 0 Å². The molecule has 5 heteroatoms. The molecule has 1 atom stereocenters. The zero-order valence-electron chi connectivity index (χ0n) is 12.3. The summed E-state index contributed by atoms with van der Waals surface area (Å²) in [6.45, 7) is 6.32. The minimum absolute atomic E-state index is 0.00132. The average molecular weight is 274 g/mol. The Bertz CT molecular complexity index is 603. The number of imidazole rings is 1. The van der Waals surface area contributed by atoms with Gasteiger partial charge in [-0.25, -0.2) is 4.98 Å². The molecule has 0 aliphatic heterocycles. The minimum atomic E-state index is -0.300. The van der Waals surface area contributed by atoms with Crippen LogP contribution < -0.4 is 11.1 Å². The lowest BCUT2D eigenvalue weighted by molar-refractivity contribution is -0.124. The predicted molar refractivity (Wildman–Crippen MR) is 80.5 cm³/mol. The topological polar surface area (TPSA) is 72.9 Å². The molecule has 0 spiro atoms. The third kappa shape index (κ3) is 2.82. The van der Waals surface area contributed by atoms with E-state index >= 15 is 0 Å². The van der Waals surface area contributed by atoms with E-state index in [-0.39, 0.29) is 18.0 Å². The van der Waals surface area contributed by atoms with Crippen LogP contribution in [-0.4, -0.2) is 28.0 Å². The first-order valence-electron chi connectivity index (χ1n) is 7.01. The van der Waals surface area contributed by atoms with E-state index in [0.29, 0.717) is 13.0 Å². The van der Waals surface area contributed by atoms with Crippen LogP contribution in [0.2, 0.25) is 0 Å². The number of aromatic nitrogens is 2. The highest BCUT2D eigenvalue weighted by Gasteiger charge is 2.21. The van der Waals surface area contributed by atoms with Crippen LogP contribution in [0, 0.1) is 0 Å². The summed E-state index contributed by atoms with van der Waals surface area (Å²) in [7, 11) is 0. The van der Waals surface area contributed by atoms with Crippen LogP contribution in [0.1, 0.15) is 32.6 Å². The van der Waals surface area contributed by atoms with Gasteiger partial charge in [-0.3, -0.25) is 4.79 Å². The number of fused-ring (bicyclic) bond motifs is 1. The lowest BCUT2D eigenvalue weighted by Crippen LogP contribution is -2.36. The third-order valence-corrected chi connectivity index (χ3v) is 3.23. The maximum atomic E-state index is 12.3. The van der Waals surface area contributed by atoms with Crippen LogP contribution in [-0.2, 0) is 11.2 Å². The Hall–Kier alpha value is -1.88. The van der Waals surface area contributed by atoms with E-state index in [1.807, 2.05) is 49.6 Å². The predicted octanol–water partition coefficient (Wildman–Crippen LogP) is 1.62. The van der Waals surface area contributed by atoms with Crippen molar-refractivity contribution in [2.24, 2.45) is 5.73 Å². The molecule has 3 N–H and O–H groups in total. The second kappa shape index (κ2) is 6.05. The van der Waals surface area contributed by atoms with Gasteiger partial charge in [0.15, 0.2) is 0 Å². The lowest BCUT2D eigenvalue weighted by atomic mass is 10.2. The van der Waals surface area contributed by atoms with E-state index in [1.165, 1.54) is 0 Å². The average Bonchev–Trinajstić information content (AvgIpc) is 2.75. The van der Waals surface area contributed by atoms with Crippen molar-refractivity contribution < 1.29 is 4.79 Å². The molecule has 1 amide bonds. The lowest BCUT2D eigenvalue weighted by Gasteiger charge is -2.18. The first-order valence-corrected chi connectivity index (χ1v) is 7.01. The van der Waals surface area contributed by atoms with Gasteiger partial charge in [0.05, 0.1) is 11.0 Å². The molecule has 108 valence electrons. The van der Waals surface area contributed by atoms with Crippen LogP contribution in [0.25, 0.3) is 11.0 Å². The van der Waals surface area contributed by atoms with Gasteiger partial charge in [-0.05, 0) is 39.4 Å². The van der Waals surface area contributed by atoms with Crippen molar-refractivity contribution in [3.05, 3.63) is 30.1 Å². The SMILES string of the molecule is CC(C)NC(=O)C(C)n1c(CCN)nc2ccccc21. The van der Waals surface area contributed by atoms with Crippen LogP contribution >= 0.6 is 0 Å². The molecular weight excluding hydrogens is 252 g/mol. The highest BCUT2D eigenvalue weighted by atomic mass is 16.2. The molecule has 1 aromatic heterocycles. The quantitative estimate of drug-likeness (QED) is 0.870. The first kappa shape index (κ1) is 14.5. The maximum absolute atomic E-state index is 12.3. The first-order chi connectivity index (χ1) is 9.54. The van der Waals surface area contributed by atoms with E-state index in [9.17, 15) is 4.79 Å². The number of nitrogens with one attached hydrogen (secondary N) is 1. The number of rotatable bonds is 5. The normalized spacial score (nSPS) is 12.8. The van der Waals surface area contributed by atoms with Crippen LogP contribution in [0.4, 0.5) is 0 Å². The standard InChI is InChI=1S/C15H22N4O/c1-10(2)17-15(20)11(3)19-13-7-5-4-6-12(13)18-14(19)8-9-16/h4-7,10-11H,8-9,16H2,1-3H3,(H,17,20). The Kier molecular flexibility index (Phi) is 4.39. The van der Waals surface area contributed by atoms with Crippen LogP contribution in [0.3, 0.4) is 0 Å². The van der Waals surface area contributed by atoms with Crippen molar-refractivity contribution in [1.82, 2.24) is 14.9 Å². The van der Waals surface area contributed by atoms with E-state index in [2.05, 4.69) is 10.3 Å². The van der Waals surface area contributed by atoms with Crippen molar-refractivity contribution in [2.45, 2.75) is 39.3 Å². The summed E-state index contributed by atoms with van der Waals surface area (Å²) in [5.74, 6) is 0.863. The largest absolute Gasteiger partial charge is 0.352 e. The van der Waals surface area contributed by atoms with E-state index < -0.39 is 0 Å². The fourth-order valence-electron chi connectivity index (χ4n) is 2.35. The number of amides is 1. The number of hydrogen-bond acceptors (Lipinski definition) is 3. The van der Waals surface area contributed by atoms with E-state index in [4.69, 9.17) is 5.73 Å². The molecule has 2 rings (SSSR count). The van der Waals surface area contributed by atoms with Gasteiger partial charge in [0.25, 0.3) is 0 Å². The summed E-state index contributed by atoms with van der Waals surface area (Å²) in [6.07, 6.45) is 0.661. The van der Waals surface area contributed by atoms with E-state index in [1.54, 1.807) is 0 Å². The number of hydrogen-bond donors (Lipinski definition) is 2. The van der Waals surface area contributed by atoms with Crippen molar-refractivity contribution in [3.8, 4) is 0 Å². The molecule has 0 saturated carbocycles. The van der Waals surface area contributed by atoms with Gasteiger partial charge in [0, 0.05) is 12.5 Å². The third-order valence-electron chi connectivity index (χ3n) is 3.23. The molecule has 20 heavy (non-hydrogen) atoms. The summed E-state index contributed by atoms with van der Waals surface area (Å²) in [4.78, 5) is 16.8. The fraction of sp³-hybridized carbons (Fsp3) is 0.467. The molecule has 5 nitrogen and oxygen atoms in total. The summed E-state index contributed by atoms with van der Waals surface area (Å²) < 4.78 is 1.99. The number of carbonyl (C=O) groups excluding carboxylic acids is 1. The number of nitrogens with zero attached hydrogens (tertiary/aromatic N) is 2. The summed E-state index contributed by atoms with van der Waals surface area (Å²) in [5.41, 5.74) is 7.53. The Balaban J connectivity index is 2.45. The number of benzene rings is 1. The van der Waals surface area contributed by atoms with Gasteiger partial charge < -0.3 is 15.6 Å².